The van der Waals surface area contributed by atoms with E-state index >= 15 is 0 Å². The fourth-order valence-corrected chi connectivity index (χ4v) is 0.248. The predicted octanol–water partition coefficient (Wildman–Crippen LogP) is 1.14. The Hall–Kier alpha value is -0.530. The summed E-state index contributed by atoms with van der Waals surface area (Å²) < 4.78 is 0. The second-order valence-electron chi connectivity index (χ2n) is 0.974. The molecule has 0 heterocycles. The molecule has 0 atom stereocenters. The smallest absolute Gasteiger partial charge is 0.130 e. The summed E-state index contributed by atoms with van der Waals surface area (Å²) in [6, 6.07) is 0. The summed E-state index contributed by atoms with van der Waals surface area (Å²) in [4.78, 5) is 7.26. The Labute approximate surface area is 48.0 Å². The second-order valence-corrected chi connectivity index (χ2v) is 1.16. The Morgan fingerprint density at radius 2 is 2.29 bits per heavy atom. The van der Waals surface area contributed by atoms with Crippen molar-refractivity contribution in [1.82, 2.24) is 0 Å². The number of aliphatic imine (C=N–C) groups is 2. The molecule has 38 valence electrons. The van der Waals surface area contributed by atoms with Crippen molar-refractivity contribution < 1.29 is 0 Å². The summed E-state index contributed by atoms with van der Waals surface area (Å²) in [6.07, 6.45) is 0. The van der Waals surface area contributed by atoms with Gasteiger partial charge < -0.3 is 0 Å². The van der Waals surface area contributed by atoms with Crippen molar-refractivity contribution in [3.05, 3.63) is 0 Å². The van der Waals surface area contributed by atoms with Crippen LogP contribution in [0.4, 0.5) is 0 Å². The molecule has 7 heavy (non-hydrogen) atoms. The number of isothiocyanates is 1. The molecule has 0 radical (unpaired) electrons. The van der Waals surface area contributed by atoms with Crippen LogP contribution in [0.25, 0.3) is 0 Å². The molecule has 0 saturated heterocycles. The van der Waals surface area contributed by atoms with E-state index in [0.29, 0.717) is 5.84 Å². The number of hydrogen-bond acceptors (Lipinski definition) is 2. The van der Waals surface area contributed by atoms with Gasteiger partial charge in [-0.2, -0.15) is 4.99 Å². The normalized spacial score (nSPS) is 10.3. The van der Waals surface area contributed by atoms with Crippen LogP contribution >= 0.6 is 12.2 Å². The van der Waals surface area contributed by atoms with Crippen molar-refractivity contribution in [3.63, 3.8) is 0 Å². The standard InChI is InChI=1S/C4H6N2S/c1-4(5-2)6-3-7/h1-2H3/b5-4+. The lowest BCUT2D eigenvalue weighted by Crippen LogP contribution is -1.79. The molecule has 0 bridgehead atoms. The molecule has 0 N–H and O–H groups in total. The van der Waals surface area contributed by atoms with Crippen LogP contribution in [-0.2, 0) is 0 Å². The van der Waals surface area contributed by atoms with Crippen LogP contribution in [0, 0.1) is 0 Å². The van der Waals surface area contributed by atoms with Gasteiger partial charge in [0.1, 0.15) is 5.84 Å². The summed E-state index contributed by atoms with van der Waals surface area (Å²) in [5.41, 5.74) is 0. The molecule has 0 fully saturated rings. The van der Waals surface area contributed by atoms with Gasteiger partial charge in [-0.25, -0.2) is 0 Å². The van der Waals surface area contributed by atoms with Gasteiger partial charge in [0.25, 0.3) is 0 Å². The fraction of sp³-hybridized carbons (Fsp3) is 0.500. The summed E-state index contributed by atoms with van der Waals surface area (Å²) in [5.74, 6) is 0.662. The molecule has 0 aromatic rings. The van der Waals surface area contributed by atoms with E-state index in [1.807, 2.05) is 0 Å². The van der Waals surface area contributed by atoms with Crippen LogP contribution < -0.4 is 0 Å². The first-order valence-corrected chi connectivity index (χ1v) is 2.23. The third-order valence-corrected chi connectivity index (χ3v) is 0.622. The van der Waals surface area contributed by atoms with Gasteiger partial charge in [0, 0.05) is 7.05 Å². The van der Waals surface area contributed by atoms with Crippen molar-refractivity contribution >= 4 is 23.2 Å². The largest absolute Gasteiger partial charge is 0.273 e. The van der Waals surface area contributed by atoms with Crippen molar-refractivity contribution in [2.75, 3.05) is 7.05 Å². The maximum atomic E-state index is 4.30. The van der Waals surface area contributed by atoms with Crippen LogP contribution in [0.1, 0.15) is 6.92 Å². The van der Waals surface area contributed by atoms with Gasteiger partial charge in [-0.05, 0) is 19.1 Å². The van der Waals surface area contributed by atoms with Crippen LogP contribution in [0.3, 0.4) is 0 Å². The van der Waals surface area contributed by atoms with Gasteiger partial charge in [-0.3, -0.25) is 4.99 Å². The number of nitrogens with zero attached hydrogens (tertiary/aromatic N) is 2. The Bertz CT molecular complexity index is 122. The minimum atomic E-state index is 0.662. The quantitative estimate of drug-likeness (QED) is 0.263. The minimum absolute atomic E-state index is 0.662. The van der Waals surface area contributed by atoms with E-state index in [1.165, 1.54) is 0 Å². The first-order valence-electron chi connectivity index (χ1n) is 1.82. The van der Waals surface area contributed by atoms with Crippen LogP contribution in [-0.4, -0.2) is 18.0 Å². The molecule has 0 amide bonds. The molecule has 0 aliphatic heterocycles. The highest BCUT2D eigenvalue weighted by Crippen LogP contribution is 1.71. The molecule has 0 spiro atoms. The molecule has 0 saturated carbocycles. The van der Waals surface area contributed by atoms with Gasteiger partial charge in [0.05, 0.1) is 5.16 Å². The zero-order chi connectivity index (χ0) is 5.70. The average molecular weight is 114 g/mol. The Morgan fingerprint density at radius 1 is 1.71 bits per heavy atom. The maximum Gasteiger partial charge on any atom is 0.130 e. The summed E-state index contributed by atoms with van der Waals surface area (Å²) >= 11 is 4.30. The summed E-state index contributed by atoms with van der Waals surface area (Å²) in [7, 11) is 1.66. The first-order chi connectivity index (χ1) is 3.31. The molecule has 0 aliphatic carbocycles. The molecular weight excluding hydrogens is 108 g/mol. The fourth-order valence-electron chi connectivity index (χ4n) is 0.116. The van der Waals surface area contributed by atoms with E-state index in [4.69, 9.17) is 0 Å². The zero-order valence-electron chi connectivity index (χ0n) is 4.30. The van der Waals surface area contributed by atoms with Gasteiger partial charge >= 0.3 is 0 Å². The Balaban J connectivity index is 3.82. The maximum absolute atomic E-state index is 4.30. The highest BCUT2D eigenvalue weighted by atomic mass is 32.1. The Kier molecular flexibility index (Phi) is 3.38. The molecule has 0 aromatic carbocycles. The first kappa shape index (κ1) is 6.47. The summed E-state index contributed by atoms with van der Waals surface area (Å²) in [5, 5.41) is 2.20. The lowest BCUT2D eigenvalue weighted by Gasteiger charge is -1.76. The van der Waals surface area contributed by atoms with E-state index in [1.54, 1.807) is 14.0 Å². The van der Waals surface area contributed by atoms with E-state index in [-0.39, 0.29) is 0 Å². The van der Waals surface area contributed by atoms with Crippen LogP contribution in [0.2, 0.25) is 0 Å². The molecule has 0 aliphatic rings. The number of amidine groups is 1. The lowest BCUT2D eigenvalue weighted by molar-refractivity contribution is 1.39. The molecule has 0 unspecified atom stereocenters. The zero-order valence-corrected chi connectivity index (χ0v) is 5.12. The average Bonchev–Trinajstić information content (AvgIpc) is 1.68. The van der Waals surface area contributed by atoms with Gasteiger partial charge in [0.15, 0.2) is 0 Å². The minimum Gasteiger partial charge on any atom is -0.273 e. The van der Waals surface area contributed by atoms with Gasteiger partial charge in [-0.1, -0.05) is 0 Å². The second kappa shape index (κ2) is 3.65. The molecule has 3 heteroatoms. The number of thiocarbonyl (C=S) groups is 1. The lowest BCUT2D eigenvalue weighted by atomic mass is 10.7. The monoisotopic (exact) mass is 114 g/mol. The van der Waals surface area contributed by atoms with Crippen molar-refractivity contribution in [2.45, 2.75) is 6.92 Å². The van der Waals surface area contributed by atoms with E-state index in [9.17, 15) is 0 Å². The molecule has 0 aromatic heterocycles. The van der Waals surface area contributed by atoms with E-state index in [0.717, 1.165) is 0 Å². The van der Waals surface area contributed by atoms with E-state index in [2.05, 4.69) is 27.4 Å². The SMILES string of the molecule is C/N=C(\C)N=C=S. The molecule has 2 nitrogen and oxygen atoms in total. The molecule has 0 rings (SSSR count). The van der Waals surface area contributed by atoms with Crippen LogP contribution in [0.15, 0.2) is 9.98 Å². The highest BCUT2D eigenvalue weighted by molar-refractivity contribution is 7.78. The third kappa shape index (κ3) is 3.30. The number of rotatable bonds is 0. The van der Waals surface area contributed by atoms with E-state index < -0.39 is 0 Å². The molecular formula is C4H6N2S. The topological polar surface area (TPSA) is 24.7 Å². The third-order valence-electron chi connectivity index (χ3n) is 0.531. The van der Waals surface area contributed by atoms with Crippen molar-refractivity contribution in [3.8, 4) is 0 Å². The number of hydrogen-bond donors (Lipinski definition) is 0. The van der Waals surface area contributed by atoms with Crippen molar-refractivity contribution in [2.24, 2.45) is 9.98 Å². The van der Waals surface area contributed by atoms with Gasteiger partial charge in [0.2, 0.25) is 0 Å². The highest BCUT2D eigenvalue weighted by Gasteiger charge is 1.72. The van der Waals surface area contributed by atoms with Gasteiger partial charge in [-0.15, -0.1) is 0 Å². The van der Waals surface area contributed by atoms with Crippen molar-refractivity contribution in [1.29, 1.82) is 0 Å². The predicted molar refractivity (Wildman–Crippen MR) is 34.1 cm³/mol. The van der Waals surface area contributed by atoms with Crippen LogP contribution in [0.5, 0.6) is 0 Å². The Morgan fingerprint density at radius 3 is 2.43 bits per heavy atom. The summed E-state index contributed by atoms with van der Waals surface area (Å²) in [6.45, 7) is 1.76.